The Morgan fingerprint density at radius 3 is 2.17 bits per heavy atom. The van der Waals surface area contributed by atoms with E-state index in [1.54, 1.807) is 33.5 Å². The van der Waals surface area contributed by atoms with Crippen molar-refractivity contribution in [1.29, 1.82) is 0 Å². The van der Waals surface area contributed by atoms with Gasteiger partial charge in [-0.2, -0.15) is 0 Å². The summed E-state index contributed by atoms with van der Waals surface area (Å²) in [5, 5.41) is 5.34. The predicted molar refractivity (Wildman–Crippen MR) is 120 cm³/mol. The SMILES string of the molecule is COc1cc(C(=O)NC2CCC(C(c3cccs3)N(C)C)CC2)cc(OC)c1OC. The van der Waals surface area contributed by atoms with Gasteiger partial charge in [-0.25, -0.2) is 0 Å². The molecule has 0 aliphatic heterocycles. The Balaban J connectivity index is 1.64. The Kier molecular flexibility index (Phi) is 7.61. The van der Waals surface area contributed by atoms with Crippen molar-refractivity contribution < 1.29 is 19.0 Å². The number of benzene rings is 1. The Labute approximate surface area is 183 Å². The van der Waals surface area contributed by atoms with Crippen molar-refractivity contribution in [3.63, 3.8) is 0 Å². The fourth-order valence-electron chi connectivity index (χ4n) is 4.43. The molecule has 7 heteroatoms. The molecule has 1 unspecified atom stereocenters. The van der Waals surface area contributed by atoms with Crippen LogP contribution in [0.5, 0.6) is 17.2 Å². The third-order valence-corrected chi connectivity index (χ3v) is 6.81. The zero-order valence-electron chi connectivity index (χ0n) is 18.4. The molecule has 0 bridgehead atoms. The average Bonchev–Trinajstić information content (AvgIpc) is 3.27. The smallest absolute Gasteiger partial charge is 0.251 e. The molecule has 1 saturated carbocycles. The van der Waals surface area contributed by atoms with Crippen LogP contribution in [0.2, 0.25) is 0 Å². The van der Waals surface area contributed by atoms with E-state index in [4.69, 9.17) is 14.2 Å². The highest BCUT2D eigenvalue weighted by Gasteiger charge is 2.31. The Morgan fingerprint density at radius 1 is 1.07 bits per heavy atom. The molecule has 1 N–H and O–H groups in total. The van der Waals surface area contributed by atoms with E-state index in [9.17, 15) is 4.79 Å². The molecule has 6 nitrogen and oxygen atoms in total. The molecule has 1 atom stereocenters. The number of carbonyl (C=O) groups excluding carboxylic acids is 1. The van der Waals surface area contributed by atoms with Gasteiger partial charge in [-0.15, -0.1) is 11.3 Å². The van der Waals surface area contributed by atoms with Gasteiger partial charge < -0.3 is 24.4 Å². The zero-order chi connectivity index (χ0) is 21.7. The van der Waals surface area contributed by atoms with Gasteiger partial charge in [0.2, 0.25) is 5.75 Å². The van der Waals surface area contributed by atoms with Crippen LogP contribution < -0.4 is 19.5 Å². The van der Waals surface area contributed by atoms with Crippen molar-refractivity contribution in [1.82, 2.24) is 10.2 Å². The van der Waals surface area contributed by atoms with Crippen LogP contribution in [-0.2, 0) is 0 Å². The van der Waals surface area contributed by atoms with Crippen molar-refractivity contribution in [2.75, 3.05) is 35.4 Å². The van der Waals surface area contributed by atoms with Crippen LogP contribution in [0.25, 0.3) is 0 Å². The van der Waals surface area contributed by atoms with E-state index < -0.39 is 0 Å². The van der Waals surface area contributed by atoms with E-state index in [0.29, 0.717) is 34.8 Å². The molecular weight excluding hydrogens is 400 g/mol. The number of rotatable bonds is 8. The lowest BCUT2D eigenvalue weighted by Gasteiger charge is -2.37. The summed E-state index contributed by atoms with van der Waals surface area (Å²) in [4.78, 5) is 16.6. The van der Waals surface area contributed by atoms with Crippen molar-refractivity contribution in [2.24, 2.45) is 5.92 Å². The first-order chi connectivity index (χ1) is 14.5. The summed E-state index contributed by atoms with van der Waals surface area (Å²) < 4.78 is 16.1. The van der Waals surface area contributed by atoms with Crippen LogP contribution >= 0.6 is 11.3 Å². The van der Waals surface area contributed by atoms with Crippen LogP contribution in [0, 0.1) is 5.92 Å². The minimum atomic E-state index is -0.111. The largest absolute Gasteiger partial charge is 0.493 e. The molecule has 2 aromatic rings. The number of amides is 1. The molecule has 3 rings (SSSR count). The van der Waals surface area contributed by atoms with Crippen LogP contribution in [0.15, 0.2) is 29.6 Å². The standard InChI is InChI=1S/C23H32N2O4S/c1-25(2)21(20-7-6-12-30-20)15-8-10-17(11-9-15)24-23(26)16-13-18(27-3)22(29-5)19(14-16)28-4/h6-7,12-15,17,21H,8-11H2,1-5H3,(H,24,26). The summed E-state index contributed by atoms with van der Waals surface area (Å²) in [5.41, 5.74) is 0.511. The lowest BCUT2D eigenvalue weighted by molar-refractivity contribution is 0.0906. The maximum Gasteiger partial charge on any atom is 0.251 e. The molecule has 0 radical (unpaired) electrons. The number of methoxy groups -OCH3 is 3. The van der Waals surface area contributed by atoms with E-state index >= 15 is 0 Å². The maximum absolute atomic E-state index is 12.9. The lowest BCUT2D eigenvalue weighted by Crippen LogP contribution is -2.39. The van der Waals surface area contributed by atoms with E-state index in [2.05, 4.69) is 41.8 Å². The second-order valence-corrected chi connectivity index (χ2v) is 8.90. The van der Waals surface area contributed by atoms with E-state index in [1.165, 1.54) is 4.88 Å². The van der Waals surface area contributed by atoms with Gasteiger partial charge >= 0.3 is 0 Å². The number of thiophene rings is 1. The molecule has 1 heterocycles. The number of hydrogen-bond acceptors (Lipinski definition) is 6. The fourth-order valence-corrected chi connectivity index (χ4v) is 5.44. The first-order valence-electron chi connectivity index (χ1n) is 10.3. The number of nitrogens with zero attached hydrogens (tertiary/aromatic N) is 1. The van der Waals surface area contributed by atoms with Gasteiger partial charge in [0, 0.05) is 22.5 Å². The van der Waals surface area contributed by atoms with Gasteiger partial charge in [-0.3, -0.25) is 4.79 Å². The predicted octanol–water partition coefficient (Wildman–Crippen LogP) is 4.37. The highest BCUT2D eigenvalue weighted by molar-refractivity contribution is 7.10. The van der Waals surface area contributed by atoms with E-state index in [-0.39, 0.29) is 11.9 Å². The highest BCUT2D eigenvalue weighted by Crippen LogP contribution is 2.40. The second-order valence-electron chi connectivity index (χ2n) is 7.92. The van der Waals surface area contributed by atoms with Gasteiger partial charge in [0.15, 0.2) is 11.5 Å². The molecule has 1 aliphatic rings. The molecular formula is C23H32N2O4S. The van der Waals surface area contributed by atoms with Crippen molar-refractivity contribution in [3.05, 3.63) is 40.1 Å². The topological polar surface area (TPSA) is 60.0 Å². The summed E-state index contributed by atoms with van der Waals surface area (Å²) in [7, 11) is 8.96. The summed E-state index contributed by atoms with van der Waals surface area (Å²) in [6, 6.07) is 8.37. The zero-order valence-corrected chi connectivity index (χ0v) is 19.3. The monoisotopic (exact) mass is 432 g/mol. The van der Waals surface area contributed by atoms with Crippen molar-refractivity contribution in [2.45, 2.75) is 37.8 Å². The molecule has 1 aliphatic carbocycles. The van der Waals surface area contributed by atoms with Crippen LogP contribution in [0.1, 0.15) is 47.0 Å². The second kappa shape index (κ2) is 10.2. The minimum Gasteiger partial charge on any atom is -0.493 e. The normalized spacial score (nSPS) is 19.9. The Hall–Kier alpha value is -2.25. The molecule has 1 aromatic heterocycles. The molecule has 0 spiro atoms. The van der Waals surface area contributed by atoms with Crippen LogP contribution in [0.4, 0.5) is 0 Å². The first kappa shape index (κ1) is 22.4. The third kappa shape index (κ3) is 4.90. The molecule has 0 saturated heterocycles. The van der Waals surface area contributed by atoms with Gasteiger partial charge in [0.25, 0.3) is 5.91 Å². The number of nitrogens with one attached hydrogen (secondary N) is 1. The number of ether oxygens (including phenoxy) is 3. The summed E-state index contributed by atoms with van der Waals surface area (Å²) in [6.07, 6.45) is 4.16. The van der Waals surface area contributed by atoms with Gasteiger partial charge in [-0.1, -0.05) is 6.07 Å². The fraction of sp³-hybridized carbons (Fsp3) is 0.522. The van der Waals surface area contributed by atoms with Gasteiger partial charge in [-0.05, 0) is 69.3 Å². The van der Waals surface area contributed by atoms with Gasteiger partial charge in [0.1, 0.15) is 0 Å². The molecule has 1 aromatic carbocycles. The van der Waals surface area contributed by atoms with Crippen molar-refractivity contribution in [3.8, 4) is 17.2 Å². The molecule has 30 heavy (non-hydrogen) atoms. The lowest BCUT2D eigenvalue weighted by atomic mass is 9.80. The molecule has 1 fully saturated rings. The van der Waals surface area contributed by atoms with E-state index in [1.807, 2.05) is 11.3 Å². The quantitative estimate of drug-likeness (QED) is 0.671. The van der Waals surface area contributed by atoms with E-state index in [0.717, 1.165) is 25.7 Å². The first-order valence-corrected chi connectivity index (χ1v) is 11.2. The maximum atomic E-state index is 12.9. The Morgan fingerprint density at radius 2 is 1.70 bits per heavy atom. The minimum absolute atomic E-state index is 0.111. The molecule has 164 valence electrons. The van der Waals surface area contributed by atoms with Gasteiger partial charge in [0.05, 0.1) is 21.3 Å². The summed E-state index contributed by atoms with van der Waals surface area (Å²) in [6.45, 7) is 0. The third-order valence-electron chi connectivity index (χ3n) is 5.87. The summed E-state index contributed by atoms with van der Waals surface area (Å²) in [5.74, 6) is 1.94. The highest BCUT2D eigenvalue weighted by atomic mass is 32.1. The number of hydrogen-bond donors (Lipinski definition) is 1. The average molecular weight is 433 g/mol. The molecule has 1 amide bonds. The Bertz CT molecular complexity index is 805. The van der Waals surface area contributed by atoms with Crippen LogP contribution in [-0.4, -0.2) is 52.3 Å². The van der Waals surface area contributed by atoms with Crippen LogP contribution in [0.3, 0.4) is 0 Å². The van der Waals surface area contributed by atoms with Crippen molar-refractivity contribution >= 4 is 17.2 Å². The number of carbonyl (C=O) groups is 1. The summed E-state index contributed by atoms with van der Waals surface area (Å²) >= 11 is 1.83.